The van der Waals surface area contributed by atoms with Crippen LogP contribution in [0, 0.1) is 0 Å². The van der Waals surface area contributed by atoms with Crippen molar-refractivity contribution in [2.24, 2.45) is 11.5 Å². The number of urea groups is 1. The Kier molecular flexibility index (Phi) is 7.50. The van der Waals surface area contributed by atoms with Gasteiger partial charge in [0, 0.05) is 6.04 Å². The first-order valence-electron chi connectivity index (χ1n) is 6.04. The Morgan fingerprint density at radius 1 is 1.06 bits per heavy atom. The molecule has 0 radical (unpaired) electrons. The maximum absolute atomic E-state index is 11.5. The van der Waals surface area contributed by atoms with Gasteiger partial charge in [-0.3, -0.25) is 9.59 Å². The highest BCUT2D eigenvalue weighted by Gasteiger charge is 2.24. The van der Waals surface area contributed by atoms with Crippen molar-refractivity contribution in [2.45, 2.75) is 51.6 Å². The van der Waals surface area contributed by atoms with E-state index in [4.69, 9.17) is 11.5 Å². The summed E-state index contributed by atoms with van der Waals surface area (Å²) in [6.45, 7) is 3.94. The average Bonchev–Trinajstić information content (AvgIpc) is 2.25. The van der Waals surface area contributed by atoms with Crippen LogP contribution in [-0.4, -0.2) is 29.9 Å². The van der Waals surface area contributed by atoms with Gasteiger partial charge < -0.3 is 22.1 Å². The van der Waals surface area contributed by atoms with E-state index in [0.717, 1.165) is 25.7 Å². The van der Waals surface area contributed by atoms with Crippen LogP contribution >= 0.6 is 0 Å². The van der Waals surface area contributed by atoms with Crippen LogP contribution in [-0.2, 0) is 9.59 Å². The molecule has 0 heterocycles. The Balaban J connectivity index is 4.08. The molecule has 1 atom stereocenters. The number of carbonyl (C=O) groups excluding carboxylic acids is 3. The lowest BCUT2D eigenvalue weighted by Crippen LogP contribution is -2.55. The molecule has 0 spiro atoms. The SMILES string of the molecule is CCCCC[C@H](C)NC(=O)NC(C(N)=O)C(N)=O. The molecule has 4 amide bonds. The molecule has 18 heavy (non-hydrogen) atoms. The Hall–Kier alpha value is -1.79. The predicted molar refractivity (Wildman–Crippen MR) is 67.4 cm³/mol. The average molecular weight is 258 g/mol. The summed E-state index contributed by atoms with van der Waals surface area (Å²) in [6, 6.07) is -2.15. The molecule has 0 fully saturated rings. The maximum atomic E-state index is 11.5. The summed E-state index contributed by atoms with van der Waals surface area (Å²) in [5, 5.41) is 4.75. The number of primary amides is 2. The molecule has 0 bridgehead atoms. The second-order valence-electron chi connectivity index (χ2n) is 4.25. The predicted octanol–water partition coefficient (Wildman–Crippen LogP) is -0.406. The monoisotopic (exact) mass is 258 g/mol. The fourth-order valence-electron chi connectivity index (χ4n) is 1.45. The Morgan fingerprint density at radius 2 is 1.61 bits per heavy atom. The first kappa shape index (κ1) is 16.2. The van der Waals surface area contributed by atoms with Crippen LogP contribution in [0.25, 0.3) is 0 Å². The number of rotatable bonds is 8. The molecule has 0 saturated carbocycles. The summed E-state index contributed by atoms with van der Waals surface area (Å²) in [6.07, 6.45) is 4.04. The minimum absolute atomic E-state index is 0.0436. The second kappa shape index (κ2) is 8.32. The molecule has 0 aromatic carbocycles. The van der Waals surface area contributed by atoms with Gasteiger partial charge in [0.15, 0.2) is 6.04 Å². The summed E-state index contributed by atoms with van der Waals surface area (Å²) in [5.41, 5.74) is 9.87. The summed E-state index contributed by atoms with van der Waals surface area (Å²) >= 11 is 0. The Labute approximate surface area is 107 Å². The third-order valence-corrected chi connectivity index (χ3v) is 2.46. The van der Waals surface area contributed by atoms with E-state index in [2.05, 4.69) is 17.6 Å². The van der Waals surface area contributed by atoms with Crippen LogP contribution in [0.2, 0.25) is 0 Å². The van der Waals surface area contributed by atoms with Crippen molar-refractivity contribution in [3.8, 4) is 0 Å². The second-order valence-corrected chi connectivity index (χ2v) is 4.25. The molecule has 0 rings (SSSR count). The molecule has 7 heteroatoms. The normalized spacial score (nSPS) is 11.9. The number of unbranched alkanes of at least 4 members (excludes halogenated alkanes) is 2. The summed E-state index contributed by atoms with van der Waals surface area (Å²) in [5.74, 6) is -1.95. The van der Waals surface area contributed by atoms with Crippen molar-refractivity contribution < 1.29 is 14.4 Å². The highest BCUT2D eigenvalue weighted by atomic mass is 16.2. The van der Waals surface area contributed by atoms with Gasteiger partial charge >= 0.3 is 6.03 Å². The molecule has 6 N–H and O–H groups in total. The minimum Gasteiger partial charge on any atom is -0.367 e. The van der Waals surface area contributed by atoms with Gasteiger partial charge in [0.1, 0.15) is 0 Å². The fraction of sp³-hybridized carbons (Fsp3) is 0.727. The molecule has 104 valence electrons. The molecule has 0 aliphatic carbocycles. The lowest BCUT2D eigenvalue weighted by Gasteiger charge is -2.17. The molecule has 0 aromatic heterocycles. The number of hydrogen-bond donors (Lipinski definition) is 4. The third kappa shape index (κ3) is 6.72. The zero-order valence-electron chi connectivity index (χ0n) is 10.9. The lowest BCUT2D eigenvalue weighted by atomic mass is 10.1. The fourth-order valence-corrected chi connectivity index (χ4v) is 1.45. The quantitative estimate of drug-likeness (QED) is 0.349. The van der Waals surface area contributed by atoms with E-state index in [1.165, 1.54) is 0 Å². The number of carbonyl (C=O) groups is 3. The van der Waals surface area contributed by atoms with Gasteiger partial charge in [-0.25, -0.2) is 4.79 Å². The van der Waals surface area contributed by atoms with E-state index in [-0.39, 0.29) is 6.04 Å². The Morgan fingerprint density at radius 3 is 2.06 bits per heavy atom. The molecular formula is C11H22N4O3. The number of hydrogen-bond acceptors (Lipinski definition) is 3. The van der Waals surface area contributed by atoms with Gasteiger partial charge in [-0.05, 0) is 13.3 Å². The highest BCUT2D eigenvalue weighted by molar-refractivity contribution is 6.05. The zero-order valence-corrected chi connectivity index (χ0v) is 10.9. The van der Waals surface area contributed by atoms with Gasteiger partial charge in [0.2, 0.25) is 11.8 Å². The molecular weight excluding hydrogens is 236 g/mol. The first-order chi connectivity index (χ1) is 8.38. The van der Waals surface area contributed by atoms with Crippen molar-refractivity contribution in [1.82, 2.24) is 10.6 Å². The van der Waals surface area contributed by atoms with Crippen molar-refractivity contribution >= 4 is 17.8 Å². The molecule has 0 aliphatic heterocycles. The number of nitrogens with one attached hydrogen (secondary N) is 2. The van der Waals surface area contributed by atoms with Crippen LogP contribution in [0.5, 0.6) is 0 Å². The van der Waals surface area contributed by atoms with Crippen molar-refractivity contribution in [3.63, 3.8) is 0 Å². The highest BCUT2D eigenvalue weighted by Crippen LogP contribution is 2.02. The van der Waals surface area contributed by atoms with Gasteiger partial charge in [-0.15, -0.1) is 0 Å². The van der Waals surface area contributed by atoms with Gasteiger partial charge in [-0.1, -0.05) is 26.2 Å². The molecule has 0 aliphatic rings. The number of amides is 4. The van der Waals surface area contributed by atoms with Crippen molar-refractivity contribution in [1.29, 1.82) is 0 Å². The lowest BCUT2D eigenvalue weighted by molar-refractivity contribution is -0.128. The van der Waals surface area contributed by atoms with Crippen LogP contribution in [0.3, 0.4) is 0 Å². The number of nitrogens with two attached hydrogens (primary N) is 2. The smallest absolute Gasteiger partial charge is 0.316 e. The van der Waals surface area contributed by atoms with Gasteiger partial charge in [-0.2, -0.15) is 0 Å². The molecule has 0 saturated heterocycles. The van der Waals surface area contributed by atoms with Crippen LogP contribution in [0.1, 0.15) is 39.5 Å². The van der Waals surface area contributed by atoms with E-state index in [0.29, 0.717) is 0 Å². The van der Waals surface area contributed by atoms with E-state index in [1.807, 2.05) is 6.92 Å². The third-order valence-electron chi connectivity index (χ3n) is 2.46. The summed E-state index contributed by atoms with van der Waals surface area (Å²) < 4.78 is 0. The van der Waals surface area contributed by atoms with E-state index < -0.39 is 23.9 Å². The van der Waals surface area contributed by atoms with Gasteiger partial charge in [0.25, 0.3) is 0 Å². The molecule has 7 nitrogen and oxygen atoms in total. The largest absolute Gasteiger partial charge is 0.367 e. The van der Waals surface area contributed by atoms with E-state index in [1.54, 1.807) is 0 Å². The van der Waals surface area contributed by atoms with E-state index >= 15 is 0 Å². The summed E-state index contributed by atoms with van der Waals surface area (Å²) in [4.78, 5) is 33.2. The van der Waals surface area contributed by atoms with Crippen molar-refractivity contribution in [3.05, 3.63) is 0 Å². The van der Waals surface area contributed by atoms with Crippen LogP contribution in [0.15, 0.2) is 0 Å². The zero-order chi connectivity index (χ0) is 14.1. The Bertz CT molecular complexity index is 293. The molecule has 0 unspecified atom stereocenters. The van der Waals surface area contributed by atoms with Crippen molar-refractivity contribution in [2.75, 3.05) is 0 Å². The minimum atomic E-state index is -1.48. The summed E-state index contributed by atoms with van der Waals surface area (Å²) in [7, 11) is 0. The molecule has 0 aromatic rings. The van der Waals surface area contributed by atoms with Crippen LogP contribution in [0.4, 0.5) is 4.79 Å². The standard InChI is InChI=1S/C11H22N4O3/c1-3-4-5-6-7(2)14-11(18)15-8(9(12)16)10(13)17/h7-8H,3-6H2,1-2H3,(H2,12,16)(H2,13,17)(H2,14,15,18)/t7-/m0/s1. The van der Waals surface area contributed by atoms with Crippen LogP contribution < -0.4 is 22.1 Å². The van der Waals surface area contributed by atoms with E-state index in [9.17, 15) is 14.4 Å². The first-order valence-corrected chi connectivity index (χ1v) is 6.04. The van der Waals surface area contributed by atoms with Gasteiger partial charge in [0.05, 0.1) is 0 Å². The topological polar surface area (TPSA) is 127 Å². The maximum Gasteiger partial charge on any atom is 0.316 e.